The zero-order valence-electron chi connectivity index (χ0n) is 12.1. The van der Waals surface area contributed by atoms with E-state index in [-0.39, 0.29) is 0 Å². The van der Waals surface area contributed by atoms with E-state index in [4.69, 9.17) is 0 Å². The number of hydrogen-bond donors (Lipinski definition) is 1. The fourth-order valence-corrected chi connectivity index (χ4v) is 3.84. The quantitative estimate of drug-likeness (QED) is 0.687. The van der Waals surface area contributed by atoms with Crippen molar-refractivity contribution in [2.24, 2.45) is 0 Å². The Balaban J connectivity index is 1.93. The van der Waals surface area contributed by atoms with Gasteiger partial charge in [-0.2, -0.15) is 4.39 Å². The lowest BCUT2D eigenvalue weighted by atomic mass is 9.81. The highest BCUT2D eigenvalue weighted by Gasteiger charge is 2.38. The summed E-state index contributed by atoms with van der Waals surface area (Å²) < 4.78 is 13.5. The van der Waals surface area contributed by atoms with E-state index in [1.165, 1.54) is 18.6 Å². The van der Waals surface area contributed by atoms with Crippen LogP contribution in [0.2, 0.25) is 0 Å². The third-order valence-corrected chi connectivity index (χ3v) is 4.81. The number of nitrogens with zero attached hydrogens (tertiary/aromatic N) is 2. The second-order valence-electron chi connectivity index (χ2n) is 6.00. The smallest absolute Gasteiger partial charge is 0.306 e. The first-order valence-corrected chi connectivity index (χ1v) is 7.49. The molecule has 0 saturated carbocycles. The molecular weight excluding hydrogens is 273 g/mol. The molecule has 2 atom stereocenters. The maximum atomic E-state index is 13.5. The lowest BCUT2D eigenvalue weighted by molar-refractivity contribution is -0.387. The van der Waals surface area contributed by atoms with Gasteiger partial charge in [0.2, 0.25) is 5.82 Å². The Morgan fingerprint density at radius 1 is 1.33 bits per heavy atom. The number of halogens is 1. The number of rotatable bonds is 3. The molecule has 1 aromatic carbocycles. The molecule has 6 heteroatoms. The molecule has 0 amide bonds. The summed E-state index contributed by atoms with van der Waals surface area (Å²) in [5.74, 6) is -0.765. The average molecular weight is 293 g/mol. The van der Waals surface area contributed by atoms with Gasteiger partial charge in [-0.15, -0.1) is 0 Å². The summed E-state index contributed by atoms with van der Waals surface area (Å²) in [6.45, 7) is 0. The molecule has 0 aromatic heterocycles. The SMILES string of the molecule is CNC1CC2CCCC(C1)N2c1ccc(F)c([N+](=O)[O-])c1. The maximum absolute atomic E-state index is 13.5. The molecule has 2 aliphatic heterocycles. The molecule has 21 heavy (non-hydrogen) atoms. The molecule has 0 aliphatic carbocycles. The number of nitrogens with one attached hydrogen (secondary N) is 1. The molecule has 2 saturated heterocycles. The lowest BCUT2D eigenvalue weighted by Crippen LogP contribution is -2.56. The predicted molar refractivity (Wildman–Crippen MR) is 79.0 cm³/mol. The van der Waals surface area contributed by atoms with Crippen LogP contribution in [0.5, 0.6) is 0 Å². The summed E-state index contributed by atoms with van der Waals surface area (Å²) in [5, 5.41) is 14.3. The lowest BCUT2D eigenvalue weighted by Gasteiger charge is -2.50. The molecule has 2 fully saturated rings. The largest absolute Gasteiger partial charge is 0.365 e. The van der Waals surface area contributed by atoms with Gasteiger partial charge in [0.15, 0.2) is 0 Å². The topological polar surface area (TPSA) is 58.4 Å². The van der Waals surface area contributed by atoms with E-state index < -0.39 is 16.4 Å². The molecule has 1 aromatic rings. The van der Waals surface area contributed by atoms with Crippen LogP contribution >= 0.6 is 0 Å². The van der Waals surface area contributed by atoms with Crippen LogP contribution in [-0.2, 0) is 0 Å². The molecule has 5 nitrogen and oxygen atoms in total. The second kappa shape index (κ2) is 5.60. The standard InChI is InChI=1S/C15H20FN3O2/c1-17-10-7-11-3-2-4-12(8-10)18(11)13-5-6-14(16)15(9-13)19(20)21/h5-6,9-12,17H,2-4,7-8H2,1H3. The molecular formula is C15H20FN3O2. The first-order chi connectivity index (χ1) is 10.1. The second-order valence-corrected chi connectivity index (χ2v) is 6.00. The first kappa shape index (κ1) is 14.3. The van der Waals surface area contributed by atoms with E-state index in [1.807, 2.05) is 7.05 Å². The van der Waals surface area contributed by atoms with Crippen LogP contribution in [0.15, 0.2) is 18.2 Å². The van der Waals surface area contributed by atoms with Crippen LogP contribution in [0.25, 0.3) is 0 Å². The van der Waals surface area contributed by atoms with Crippen LogP contribution in [0.4, 0.5) is 15.8 Å². The highest BCUT2D eigenvalue weighted by molar-refractivity contribution is 5.56. The molecule has 3 rings (SSSR count). The van der Waals surface area contributed by atoms with Gasteiger partial charge < -0.3 is 10.2 Å². The zero-order valence-corrected chi connectivity index (χ0v) is 12.1. The summed E-state index contributed by atoms with van der Waals surface area (Å²) in [6, 6.07) is 5.56. The van der Waals surface area contributed by atoms with Gasteiger partial charge in [-0.25, -0.2) is 0 Å². The number of hydrogen-bond acceptors (Lipinski definition) is 4. The molecule has 2 unspecified atom stereocenters. The van der Waals surface area contributed by atoms with E-state index in [1.54, 1.807) is 6.07 Å². The minimum atomic E-state index is -0.765. The number of fused-ring (bicyclic) bond motifs is 2. The van der Waals surface area contributed by atoms with E-state index in [2.05, 4.69) is 10.2 Å². The van der Waals surface area contributed by atoms with E-state index in [0.717, 1.165) is 31.4 Å². The van der Waals surface area contributed by atoms with Gasteiger partial charge >= 0.3 is 5.69 Å². The Bertz CT molecular complexity index is 538. The van der Waals surface area contributed by atoms with Crippen molar-refractivity contribution in [3.8, 4) is 0 Å². The summed E-state index contributed by atoms with van der Waals surface area (Å²) >= 11 is 0. The Morgan fingerprint density at radius 3 is 2.57 bits per heavy atom. The van der Waals surface area contributed by atoms with Crippen molar-refractivity contribution >= 4 is 11.4 Å². The van der Waals surface area contributed by atoms with E-state index in [0.29, 0.717) is 18.1 Å². The van der Waals surface area contributed by atoms with Crippen molar-refractivity contribution in [2.75, 3.05) is 11.9 Å². The van der Waals surface area contributed by atoms with Gasteiger partial charge in [-0.3, -0.25) is 10.1 Å². The van der Waals surface area contributed by atoms with Crippen LogP contribution in [0.1, 0.15) is 32.1 Å². The summed E-state index contributed by atoms with van der Waals surface area (Å²) in [4.78, 5) is 12.6. The molecule has 2 aliphatic rings. The van der Waals surface area contributed by atoms with Gasteiger partial charge in [-0.1, -0.05) is 0 Å². The van der Waals surface area contributed by atoms with Gasteiger partial charge in [0.05, 0.1) is 4.92 Å². The number of nitro benzene ring substituents is 1. The van der Waals surface area contributed by atoms with Crippen molar-refractivity contribution in [3.63, 3.8) is 0 Å². The Morgan fingerprint density at radius 2 is 2.00 bits per heavy atom. The fourth-order valence-electron chi connectivity index (χ4n) is 3.84. The van der Waals surface area contributed by atoms with E-state index >= 15 is 0 Å². The third kappa shape index (κ3) is 2.60. The van der Waals surface area contributed by atoms with Gasteiger partial charge in [0.1, 0.15) is 0 Å². The highest BCUT2D eigenvalue weighted by Crippen LogP contribution is 2.39. The van der Waals surface area contributed by atoms with Gasteiger partial charge in [0, 0.05) is 29.9 Å². The van der Waals surface area contributed by atoms with Crippen molar-refractivity contribution in [1.29, 1.82) is 0 Å². The summed E-state index contributed by atoms with van der Waals surface area (Å²) in [7, 11) is 1.98. The molecule has 0 radical (unpaired) electrons. The third-order valence-electron chi connectivity index (χ3n) is 4.81. The van der Waals surface area contributed by atoms with Crippen LogP contribution < -0.4 is 10.2 Å². The highest BCUT2D eigenvalue weighted by atomic mass is 19.1. The number of nitro groups is 1. The van der Waals surface area contributed by atoms with Crippen molar-refractivity contribution in [3.05, 3.63) is 34.1 Å². The molecule has 114 valence electrons. The number of benzene rings is 1. The average Bonchev–Trinajstić information content (AvgIpc) is 2.46. The van der Waals surface area contributed by atoms with Crippen molar-refractivity contribution in [2.45, 2.75) is 50.2 Å². The Labute approximate surface area is 123 Å². The van der Waals surface area contributed by atoms with Crippen LogP contribution in [0.3, 0.4) is 0 Å². The zero-order chi connectivity index (χ0) is 15.0. The number of anilines is 1. The van der Waals surface area contributed by atoms with Crippen molar-refractivity contribution in [1.82, 2.24) is 5.32 Å². The summed E-state index contributed by atoms with van der Waals surface area (Å²) in [6.07, 6.45) is 5.47. The maximum Gasteiger partial charge on any atom is 0.306 e. The minimum absolute atomic E-state index is 0.389. The fraction of sp³-hybridized carbons (Fsp3) is 0.600. The molecule has 2 bridgehead atoms. The minimum Gasteiger partial charge on any atom is -0.365 e. The number of piperidine rings is 2. The van der Waals surface area contributed by atoms with E-state index in [9.17, 15) is 14.5 Å². The molecule has 0 spiro atoms. The van der Waals surface area contributed by atoms with Gasteiger partial charge in [0.25, 0.3) is 0 Å². The first-order valence-electron chi connectivity index (χ1n) is 7.49. The molecule has 2 heterocycles. The Kier molecular flexibility index (Phi) is 3.80. The van der Waals surface area contributed by atoms with Crippen molar-refractivity contribution < 1.29 is 9.31 Å². The van der Waals surface area contributed by atoms with Crippen LogP contribution in [-0.4, -0.2) is 30.1 Å². The normalized spacial score (nSPS) is 28.5. The Hall–Kier alpha value is -1.69. The monoisotopic (exact) mass is 293 g/mol. The van der Waals surface area contributed by atoms with Gasteiger partial charge in [-0.05, 0) is 51.3 Å². The molecule has 1 N–H and O–H groups in total. The summed E-state index contributed by atoms with van der Waals surface area (Å²) in [5.41, 5.74) is 0.355. The van der Waals surface area contributed by atoms with Crippen LogP contribution in [0, 0.1) is 15.9 Å². The predicted octanol–water partition coefficient (Wildman–Crippen LogP) is 2.84.